The normalized spacial score (nSPS) is 15.1. The molecular formula is C20H24N2O6S. The van der Waals surface area contributed by atoms with E-state index in [0.29, 0.717) is 35.9 Å². The first-order valence-corrected chi connectivity index (χ1v) is 10.5. The van der Waals surface area contributed by atoms with Crippen molar-refractivity contribution in [3.05, 3.63) is 48.0 Å². The molecule has 1 fully saturated rings. The second-order valence-electron chi connectivity index (χ2n) is 6.44. The number of piperazine rings is 1. The fourth-order valence-electron chi connectivity index (χ4n) is 3.17. The maximum absolute atomic E-state index is 13.0. The summed E-state index contributed by atoms with van der Waals surface area (Å²) in [6.07, 6.45) is 0. The van der Waals surface area contributed by atoms with Crippen molar-refractivity contribution in [3.8, 4) is 17.2 Å². The molecule has 2 aromatic rings. The second kappa shape index (κ2) is 8.71. The van der Waals surface area contributed by atoms with Gasteiger partial charge in [0.15, 0.2) is 11.5 Å². The minimum absolute atomic E-state index is 0.129. The summed E-state index contributed by atoms with van der Waals surface area (Å²) in [5.41, 5.74) is 0.544. The van der Waals surface area contributed by atoms with Gasteiger partial charge in [0.1, 0.15) is 5.75 Å². The van der Waals surface area contributed by atoms with Crippen molar-refractivity contribution < 1.29 is 27.4 Å². The maximum atomic E-state index is 13.0. The largest absolute Gasteiger partial charge is 0.497 e. The van der Waals surface area contributed by atoms with E-state index in [1.165, 1.54) is 30.7 Å². The molecule has 156 valence electrons. The Morgan fingerprint density at radius 1 is 0.828 bits per heavy atom. The first kappa shape index (κ1) is 20.9. The van der Waals surface area contributed by atoms with Gasteiger partial charge in [-0.05, 0) is 36.4 Å². The number of sulfonamides is 1. The van der Waals surface area contributed by atoms with E-state index >= 15 is 0 Å². The SMILES string of the molecule is COc1ccc(C(=O)N2CCN(S(=O)(=O)c3ccc(OC)c(OC)c3)CC2)cc1. The predicted octanol–water partition coefficient (Wildman–Crippen LogP) is 1.86. The van der Waals surface area contributed by atoms with E-state index in [4.69, 9.17) is 14.2 Å². The molecule has 0 saturated carbocycles. The summed E-state index contributed by atoms with van der Waals surface area (Å²) in [5.74, 6) is 1.35. The number of nitrogens with zero attached hydrogens (tertiary/aromatic N) is 2. The Morgan fingerprint density at radius 2 is 1.45 bits per heavy atom. The maximum Gasteiger partial charge on any atom is 0.253 e. The number of methoxy groups -OCH3 is 3. The van der Waals surface area contributed by atoms with Gasteiger partial charge in [-0.3, -0.25) is 4.79 Å². The molecule has 0 aliphatic carbocycles. The minimum atomic E-state index is -3.70. The lowest BCUT2D eigenvalue weighted by Gasteiger charge is -2.34. The molecule has 0 N–H and O–H groups in total. The van der Waals surface area contributed by atoms with Crippen LogP contribution in [0.15, 0.2) is 47.4 Å². The van der Waals surface area contributed by atoms with Crippen LogP contribution in [-0.2, 0) is 10.0 Å². The van der Waals surface area contributed by atoms with Gasteiger partial charge in [0.25, 0.3) is 5.91 Å². The Balaban J connectivity index is 1.70. The number of hydrogen-bond acceptors (Lipinski definition) is 6. The summed E-state index contributed by atoms with van der Waals surface area (Å²) in [6.45, 7) is 1.08. The highest BCUT2D eigenvalue weighted by Gasteiger charge is 2.31. The molecule has 8 nitrogen and oxygen atoms in total. The molecule has 0 unspecified atom stereocenters. The Labute approximate surface area is 170 Å². The molecule has 0 spiro atoms. The Kier molecular flexibility index (Phi) is 6.29. The van der Waals surface area contributed by atoms with Crippen LogP contribution in [0.5, 0.6) is 17.2 Å². The second-order valence-corrected chi connectivity index (χ2v) is 8.38. The molecule has 1 aliphatic rings. The quantitative estimate of drug-likeness (QED) is 0.709. The smallest absolute Gasteiger partial charge is 0.253 e. The molecule has 9 heteroatoms. The van der Waals surface area contributed by atoms with Crippen LogP contribution in [-0.4, -0.2) is 71.0 Å². The third kappa shape index (κ3) is 4.30. The Morgan fingerprint density at radius 3 is 2.00 bits per heavy atom. The van der Waals surface area contributed by atoms with Gasteiger partial charge in [-0.15, -0.1) is 0 Å². The summed E-state index contributed by atoms with van der Waals surface area (Å²) in [7, 11) is 0.813. The van der Waals surface area contributed by atoms with Gasteiger partial charge in [-0.25, -0.2) is 8.42 Å². The zero-order valence-corrected chi connectivity index (χ0v) is 17.4. The van der Waals surface area contributed by atoms with E-state index in [1.807, 2.05) is 0 Å². The lowest BCUT2D eigenvalue weighted by molar-refractivity contribution is 0.0698. The number of ether oxygens (including phenoxy) is 3. The number of carbonyl (C=O) groups is 1. The van der Waals surface area contributed by atoms with Crippen molar-refractivity contribution >= 4 is 15.9 Å². The summed E-state index contributed by atoms with van der Waals surface area (Å²) in [5, 5.41) is 0. The van der Waals surface area contributed by atoms with Crippen molar-refractivity contribution in [3.63, 3.8) is 0 Å². The number of hydrogen-bond donors (Lipinski definition) is 0. The van der Waals surface area contributed by atoms with Crippen molar-refractivity contribution in [2.24, 2.45) is 0 Å². The summed E-state index contributed by atoms with van der Waals surface area (Å²) < 4.78 is 42.8. The van der Waals surface area contributed by atoms with Gasteiger partial charge in [-0.1, -0.05) is 0 Å². The molecule has 29 heavy (non-hydrogen) atoms. The first-order chi connectivity index (χ1) is 13.9. The highest BCUT2D eigenvalue weighted by atomic mass is 32.2. The lowest BCUT2D eigenvalue weighted by Crippen LogP contribution is -2.50. The van der Waals surface area contributed by atoms with Crippen molar-refractivity contribution in [2.45, 2.75) is 4.90 Å². The van der Waals surface area contributed by atoms with Gasteiger partial charge < -0.3 is 19.1 Å². The standard InChI is InChI=1S/C20H24N2O6S/c1-26-16-6-4-15(5-7-16)20(23)21-10-12-22(13-11-21)29(24,25)17-8-9-18(27-2)19(14-17)28-3/h4-9,14H,10-13H2,1-3H3. The number of carbonyl (C=O) groups excluding carboxylic acids is 1. The van der Waals surface area contributed by atoms with Gasteiger partial charge in [0.2, 0.25) is 10.0 Å². The minimum Gasteiger partial charge on any atom is -0.497 e. The van der Waals surface area contributed by atoms with Crippen LogP contribution in [0.1, 0.15) is 10.4 Å². The molecule has 2 aromatic carbocycles. The summed E-state index contributed by atoms with van der Waals surface area (Å²) in [4.78, 5) is 14.5. The molecule has 1 amide bonds. The molecule has 0 bridgehead atoms. The molecule has 1 saturated heterocycles. The van der Waals surface area contributed by atoms with Crippen molar-refractivity contribution in [1.82, 2.24) is 9.21 Å². The average Bonchev–Trinajstić information content (AvgIpc) is 2.78. The van der Waals surface area contributed by atoms with Crippen LogP contribution in [0, 0.1) is 0 Å². The fraction of sp³-hybridized carbons (Fsp3) is 0.350. The Bertz CT molecular complexity index is 967. The number of amides is 1. The van der Waals surface area contributed by atoms with E-state index in [0.717, 1.165) is 0 Å². The zero-order valence-electron chi connectivity index (χ0n) is 16.6. The van der Waals surface area contributed by atoms with E-state index < -0.39 is 10.0 Å². The van der Waals surface area contributed by atoms with Crippen LogP contribution in [0.2, 0.25) is 0 Å². The van der Waals surface area contributed by atoms with Crippen LogP contribution in [0.4, 0.5) is 0 Å². The van der Waals surface area contributed by atoms with Gasteiger partial charge in [0.05, 0.1) is 26.2 Å². The van der Waals surface area contributed by atoms with Gasteiger partial charge >= 0.3 is 0 Å². The molecule has 0 radical (unpaired) electrons. The van der Waals surface area contributed by atoms with Crippen LogP contribution in [0.25, 0.3) is 0 Å². The monoisotopic (exact) mass is 420 g/mol. The van der Waals surface area contributed by atoms with Gasteiger partial charge in [0, 0.05) is 37.8 Å². The molecule has 1 aliphatic heterocycles. The van der Waals surface area contributed by atoms with E-state index in [2.05, 4.69) is 0 Å². The van der Waals surface area contributed by atoms with Crippen molar-refractivity contribution in [1.29, 1.82) is 0 Å². The van der Waals surface area contributed by atoms with E-state index in [1.54, 1.807) is 42.3 Å². The van der Waals surface area contributed by atoms with Crippen LogP contribution < -0.4 is 14.2 Å². The van der Waals surface area contributed by atoms with E-state index in [9.17, 15) is 13.2 Å². The predicted molar refractivity (Wildman–Crippen MR) is 107 cm³/mol. The van der Waals surface area contributed by atoms with Crippen molar-refractivity contribution in [2.75, 3.05) is 47.5 Å². The molecular weight excluding hydrogens is 396 g/mol. The third-order valence-electron chi connectivity index (χ3n) is 4.86. The molecule has 1 heterocycles. The Hall–Kier alpha value is -2.78. The highest BCUT2D eigenvalue weighted by Crippen LogP contribution is 2.31. The number of rotatable bonds is 6. The lowest BCUT2D eigenvalue weighted by atomic mass is 10.2. The summed E-state index contributed by atoms with van der Waals surface area (Å²) >= 11 is 0. The fourth-order valence-corrected chi connectivity index (χ4v) is 4.61. The first-order valence-electron chi connectivity index (χ1n) is 9.06. The topological polar surface area (TPSA) is 85.4 Å². The van der Waals surface area contributed by atoms with Gasteiger partial charge in [-0.2, -0.15) is 4.31 Å². The van der Waals surface area contributed by atoms with E-state index in [-0.39, 0.29) is 23.9 Å². The zero-order chi connectivity index (χ0) is 21.0. The van der Waals surface area contributed by atoms with Crippen LogP contribution in [0.3, 0.4) is 0 Å². The molecule has 0 aromatic heterocycles. The van der Waals surface area contributed by atoms with Crippen LogP contribution >= 0.6 is 0 Å². The average molecular weight is 420 g/mol. The third-order valence-corrected chi connectivity index (χ3v) is 6.75. The molecule has 0 atom stereocenters. The number of benzene rings is 2. The molecule has 3 rings (SSSR count). The highest BCUT2D eigenvalue weighted by molar-refractivity contribution is 7.89. The summed E-state index contributed by atoms with van der Waals surface area (Å²) in [6, 6.07) is 11.4.